The van der Waals surface area contributed by atoms with E-state index in [0.717, 1.165) is 12.8 Å². The van der Waals surface area contributed by atoms with Crippen LogP contribution in [0.1, 0.15) is 40.0 Å². The molecule has 0 aromatic heterocycles. The quantitative estimate of drug-likeness (QED) is 0.328. The molecule has 0 aromatic rings. The van der Waals surface area contributed by atoms with Crippen LogP contribution in [0.25, 0.3) is 0 Å². The Balaban J connectivity index is 2.83. The van der Waals surface area contributed by atoms with Crippen molar-refractivity contribution in [1.82, 2.24) is 8.61 Å². The van der Waals surface area contributed by atoms with E-state index in [-0.39, 0.29) is 24.8 Å². The number of piperidine rings is 1. The largest absolute Gasteiger partial charge is 0.409 e. The Morgan fingerprint density at radius 3 is 2.70 bits per heavy atom. The van der Waals surface area contributed by atoms with E-state index in [1.165, 1.54) is 4.31 Å². The van der Waals surface area contributed by atoms with Crippen LogP contribution in [0.4, 0.5) is 0 Å². The summed E-state index contributed by atoms with van der Waals surface area (Å²) in [4.78, 5) is 0. The lowest BCUT2D eigenvalue weighted by atomic mass is 10.0. The second-order valence-electron chi connectivity index (χ2n) is 5.66. The summed E-state index contributed by atoms with van der Waals surface area (Å²) in [6, 6.07) is -0.163. The first-order valence-corrected chi connectivity index (χ1v) is 8.42. The molecule has 1 saturated heterocycles. The molecule has 0 aromatic carbocycles. The van der Waals surface area contributed by atoms with Crippen LogP contribution in [0.15, 0.2) is 5.16 Å². The summed E-state index contributed by atoms with van der Waals surface area (Å²) in [5.41, 5.74) is 5.43. The molecule has 1 fully saturated rings. The summed E-state index contributed by atoms with van der Waals surface area (Å²) < 4.78 is 28.3. The van der Waals surface area contributed by atoms with Crippen molar-refractivity contribution in [1.29, 1.82) is 0 Å². The number of oxime groups is 1. The highest BCUT2D eigenvalue weighted by Gasteiger charge is 2.33. The van der Waals surface area contributed by atoms with Crippen molar-refractivity contribution in [2.45, 2.75) is 46.1 Å². The minimum atomic E-state index is -3.49. The molecular weight excluding hydrogens is 280 g/mol. The fourth-order valence-electron chi connectivity index (χ4n) is 2.42. The van der Waals surface area contributed by atoms with E-state index < -0.39 is 10.2 Å². The zero-order valence-corrected chi connectivity index (χ0v) is 13.3. The van der Waals surface area contributed by atoms with Gasteiger partial charge < -0.3 is 10.9 Å². The third-order valence-electron chi connectivity index (χ3n) is 3.54. The van der Waals surface area contributed by atoms with Gasteiger partial charge >= 0.3 is 0 Å². The van der Waals surface area contributed by atoms with Gasteiger partial charge in [0.05, 0.1) is 0 Å². The normalized spacial score (nSPS) is 22.6. The van der Waals surface area contributed by atoms with Crippen molar-refractivity contribution < 1.29 is 13.6 Å². The Labute approximate surface area is 121 Å². The van der Waals surface area contributed by atoms with Gasteiger partial charge in [0.2, 0.25) is 0 Å². The first-order chi connectivity index (χ1) is 9.28. The topological polar surface area (TPSA) is 99.2 Å². The van der Waals surface area contributed by atoms with Gasteiger partial charge in [-0.15, -0.1) is 0 Å². The third kappa shape index (κ3) is 4.32. The highest BCUT2D eigenvalue weighted by atomic mass is 32.2. The van der Waals surface area contributed by atoms with Crippen molar-refractivity contribution >= 4 is 16.0 Å². The van der Waals surface area contributed by atoms with Crippen LogP contribution < -0.4 is 5.73 Å². The predicted octanol–water partition coefficient (Wildman–Crippen LogP) is 0.810. The Kier molecular flexibility index (Phi) is 6.22. The maximum Gasteiger partial charge on any atom is 0.282 e. The molecule has 0 amide bonds. The molecular formula is C12H26N4O3S. The van der Waals surface area contributed by atoms with Crippen LogP contribution in [0, 0.1) is 5.92 Å². The van der Waals surface area contributed by atoms with Gasteiger partial charge in [-0.05, 0) is 32.6 Å². The summed E-state index contributed by atoms with van der Waals surface area (Å²) in [6.45, 7) is 7.08. The van der Waals surface area contributed by atoms with Crippen LogP contribution >= 0.6 is 0 Å². The van der Waals surface area contributed by atoms with Crippen LogP contribution in [0.3, 0.4) is 0 Å². The number of amidine groups is 1. The second kappa shape index (κ2) is 7.24. The van der Waals surface area contributed by atoms with Gasteiger partial charge in [0.1, 0.15) is 5.84 Å². The predicted molar refractivity (Wildman–Crippen MR) is 78.8 cm³/mol. The maximum absolute atomic E-state index is 12.7. The van der Waals surface area contributed by atoms with Gasteiger partial charge in [-0.2, -0.15) is 17.0 Å². The van der Waals surface area contributed by atoms with Crippen molar-refractivity contribution in [2.24, 2.45) is 16.8 Å². The monoisotopic (exact) mass is 306 g/mol. The Morgan fingerprint density at radius 1 is 1.55 bits per heavy atom. The lowest BCUT2D eigenvalue weighted by Gasteiger charge is -2.36. The van der Waals surface area contributed by atoms with Crippen molar-refractivity contribution in [3.8, 4) is 0 Å². The molecule has 1 aliphatic heterocycles. The molecule has 1 heterocycles. The van der Waals surface area contributed by atoms with Crippen LogP contribution in [-0.2, 0) is 10.2 Å². The molecule has 118 valence electrons. The molecule has 0 spiro atoms. The van der Waals surface area contributed by atoms with Crippen molar-refractivity contribution in [3.05, 3.63) is 0 Å². The van der Waals surface area contributed by atoms with Gasteiger partial charge in [-0.1, -0.05) is 12.1 Å². The van der Waals surface area contributed by atoms with Crippen LogP contribution in [-0.4, -0.2) is 53.7 Å². The minimum Gasteiger partial charge on any atom is -0.409 e. The maximum atomic E-state index is 12.7. The smallest absolute Gasteiger partial charge is 0.282 e. The highest BCUT2D eigenvalue weighted by molar-refractivity contribution is 7.86. The fraction of sp³-hybridized carbons (Fsp3) is 0.917. The lowest BCUT2D eigenvalue weighted by molar-refractivity contribution is 0.247. The Bertz CT molecular complexity index is 436. The average Bonchev–Trinajstić information content (AvgIpc) is 2.37. The summed E-state index contributed by atoms with van der Waals surface area (Å²) in [5.74, 6) is 0.425. The van der Waals surface area contributed by atoms with E-state index in [1.54, 1.807) is 4.31 Å². The number of nitrogens with two attached hydrogens (primary N) is 1. The first-order valence-electron chi connectivity index (χ1n) is 7.02. The zero-order valence-electron chi connectivity index (χ0n) is 12.5. The van der Waals surface area contributed by atoms with E-state index in [1.807, 2.05) is 13.8 Å². The molecule has 3 N–H and O–H groups in total. The van der Waals surface area contributed by atoms with E-state index >= 15 is 0 Å². The van der Waals surface area contributed by atoms with Gasteiger partial charge in [0.25, 0.3) is 10.2 Å². The third-order valence-corrected chi connectivity index (χ3v) is 5.72. The molecule has 0 aliphatic carbocycles. The molecule has 1 unspecified atom stereocenters. The lowest BCUT2D eigenvalue weighted by Crippen LogP contribution is -2.50. The van der Waals surface area contributed by atoms with Crippen molar-refractivity contribution in [2.75, 3.05) is 19.6 Å². The molecule has 1 rings (SSSR count). The molecule has 0 radical (unpaired) electrons. The minimum absolute atomic E-state index is 0.0397. The summed E-state index contributed by atoms with van der Waals surface area (Å²) in [7, 11) is -3.49. The molecule has 7 nitrogen and oxygen atoms in total. The first kappa shape index (κ1) is 17.2. The summed E-state index contributed by atoms with van der Waals surface area (Å²) in [6.07, 6.45) is 2.18. The molecule has 20 heavy (non-hydrogen) atoms. The van der Waals surface area contributed by atoms with Gasteiger partial charge in [-0.3, -0.25) is 0 Å². The van der Waals surface area contributed by atoms with Crippen LogP contribution in [0.2, 0.25) is 0 Å². The molecule has 0 saturated carbocycles. The van der Waals surface area contributed by atoms with Crippen molar-refractivity contribution in [3.63, 3.8) is 0 Å². The number of hydrogen-bond acceptors (Lipinski definition) is 4. The van der Waals surface area contributed by atoms with E-state index in [0.29, 0.717) is 19.0 Å². The molecule has 8 heteroatoms. The van der Waals surface area contributed by atoms with Gasteiger partial charge in [0, 0.05) is 32.1 Å². The van der Waals surface area contributed by atoms with Gasteiger partial charge in [0.15, 0.2) is 0 Å². The highest BCUT2D eigenvalue weighted by Crippen LogP contribution is 2.22. The van der Waals surface area contributed by atoms with Gasteiger partial charge in [-0.25, -0.2) is 0 Å². The van der Waals surface area contributed by atoms with E-state index in [9.17, 15) is 8.42 Å². The Morgan fingerprint density at radius 2 is 2.20 bits per heavy atom. The molecule has 1 aliphatic rings. The molecule has 0 bridgehead atoms. The summed E-state index contributed by atoms with van der Waals surface area (Å²) >= 11 is 0. The van der Waals surface area contributed by atoms with E-state index in [2.05, 4.69) is 12.1 Å². The average molecular weight is 306 g/mol. The fourth-order valence-corrected chi connectivity index (χ4v) is 4.37. The Hall–Kier alpha value is -0.860. The molecule has 1 atom stereocenters. The standard InChI is InChI=1S/C12H26N4O3S/c1-10(2)16(8-6-12(13)14-17)20(18,19)15-7-4-5-11(3)9-15/h10-11,17H,4-9H2,1-3H3,(H2,13,14). The zero-order chi connectivity index (χ0) is 15.3. The number of nitrogens with zero attached hydrogens (tertiary/aromatic N) is 3. The summed E-state index contributed by atoms with van der Waals surface area (Å²) in [5, 5.41) is 11.4. The van der Waals surface area contributed by atoms with E-state index in [4.69, 9.17) is 10.9 Å². The number of hydrogen-bond donors (Lipinski definition) is 2. The van der Waals surface area contributed by atoms with Crippen LogP contribution in [0.5, 0.6) is 0 Å². The SMILES string of the molecule is CC1CCCN(S(=O)(=O)N(CCC(N)=NO)C(C)C)C1. The number of rotatable bonds is 6. The second-order valence-corrected chi connectivity index (χ2v) is 7.54.